The molecule has 154 valence electrons. The number of thioether (sulfide) groups is 1. The van der Waals surface area contributed by atoms with Crippen LogP contribution in [0.2, 0.25) is 0 Å². The number of aryl methyl sites for hydroxylation is 2. The molecular formula is C23H23N3O2S2. The number of amides is 2. The average Bonchev–Trinajstić information content (AvgIpc) is 3.41. The molecule has 2 amide bonds. The number of carbonyl (C=O) groups excluding carboxylic acids is 2. The second-order valence-corrected chi connectivity index (χ2v) is 9.21. The molecule has 1 aliphatic heterocycles. The third-order valence-corrected chi connectivity index (χ3v) is 7.14. The molecule has 1 aliphatic rings. The van der Waals surface area contributed by atoms with E-state index in [9.17, 15) is 9.59 Å². The van der Waals surface area contributed by atoms with Crippen LogP contribution in [0.25, 0.3) is 10.6 Å². The lowest BCUT2D eigenvalue weighted by Gasteiger charge is -2.23. The van der Waals surface area contributed by atoms with Crippen molar-refractivity contribution in [2.24, 2.45) is 0 Å². The number of benzene rings is 2. The van der Waals surface area contributed by atoms with Gasteiger partial charge in [-0.1, -0.05) is 36.4 Å². The van der Waals surface area contributed by atoms with Gasteiger partial charge in [-0.05, 0) is 37.1 Å². The maximum Gasteiger partial charge on any atom is 0.248 e. The van der Waals surface area contributed by atoms with Crippen LogP contribution in [-0.2, 0) is 16.0 Å². The van der Waals surface area contributed by atoms with Crippen molar-refractivity contribution in [1.82, 2.24) is 9.88 Å². The lowest BCUT2D eigenvalue weighted by Crippen LogP contribution is -2.45. The van der Waals surface area contributed by atoms with Gasteiger partial charge in [-0.3, -0.25) is 9.59 Å². The number of hydrogen-bond donors (Lipinski definition) is 1. The Bertz CT molecular complexity index is 1070. The van der Waals surface area contributed by atoms with E-state index in [0.29, 0.717) is 11.6 Å². The first-order valence-electron chi connectivity index (χ1n) is 9.76. The van der Waals surface area contributed by atoms with Gasteiger partial charge in [-0.25, -0.2) is 4.98 Å². The van der Waals surface area contributed by atoms with E-state index in [0.717, 1.165) is 27.5 Å². The highest BCUT2D eigenvalue weighted by Gasteiger charge is 2.34. The first-order chi connectivity index (χ1) is 14.5. The van der Waals surface area contributed by atoms with Gasteiger partial charge in [0.25, 0.3) is 0 Å². The maximum atomic E-state index is 12.9. The maximum absolute atomic E-state index is 12.9. The topological polar surface area (TPSA) is 62.3 Å². The third kappa shape index (κ3) is 4.57. The normalized spacial score (nSPS) is 15.9. The largest absolute Gasteiger partial charge is 0.324 e. The SMILES string of the molecule is Cc1ccc(NC(=O)C2CSCN2C(=O)Cc2csc(-c3ccccc3)n2)cc1C. The van der Waals surface area contributed by atoms with Crippen molar-refractivity contribution in [3.8, 4) is 10.6 Å². The molecule has 0 saturated carbocycles. The Morgan fingerprint density at radius 1 is 1.13 bits per heavy atom. The highest BCUT2D eigenvalue weighted by atomic mass is 32.2. The number of hydrogen-bond acceptors (Lipinski definition) is 5. The number of aromatic nitrogens is 1. The number of anilines is 1. The van der Waals surface area contributed by atoms with Crippen molar-refractivity contribution in [1.29, 1.82) is 0 Å². The van der Waals surface area contributed by atoms with E-state index in [1.54, 1.807) is 16.7 Å². The van der Waals surface area contributed by atoms with Gasteiger partial charge in [0, 0.05) is 22.4 Å². The van der Waals surface area contributed by atoms with E-state index in [1.807, 2.05) is 67.8 Å². The Hall–Kier alpha value is -2.64. The summed E-state index contributed by atoms with van der Waals surface area (Å²) in [5, 5.41) is 5.79. The van der Waals surface area contributed by atoms with Crippen LogP contribution in [0.4, 0.5) is 5.69 Å². The lowest BCUT2D eigenvalue weighted by molar-refractivity contribution is -0.135. The van der Waals surface area contributed by atoms with E-state index >= 15 is 0 Å². The van der Waals surface area contributed by atoms with E-state index in [-0.39, 0.29) is 18.2 Å². The van der Waals surface area contributed by atoms with Gasteiger partial charge in [0.05, 0.1) is 18.0 Å². The lowest BCUT2D eigenvalue weighted by atomic mass is 10.1. The summed E-state index contributed by atoms with van der Waals surface area (Å²) in [4.78, 5) is 32.0. The molecule has 0 bridgehead atoms. The van der Waals surface area contributed by atoms with Crippen molar-refractivity contribution in [2.75, 3.05) is 16.9 Å². The summed E-state index contributed by atoms with van der Waals surface area (Å²) in [6.45, 7) is 4.06. The van der Waals surface area contributed by atoms with Crippen LogP contribution in [0, 0.1) is 13.8 Å². The molecule has 30 heavy (non-hydrogen) atoms. The van der Waals surface area contributed by atoms with Gasteiger partial charge in [0.2, 0.25) is 11.8 Å². The summed E-state index contributed by atoms with van der Waals surface area (Å²) in [5.41, 5.74) is 4.86. The monoisotopic (exact) mass is 437 g/mol. The zero-order chi connectivity index (χ0) is 21.1. The summed E-state index contributed by atoms with van der Waals surface area (Å²) in [6, 6.07) is 15.3. The molecule has 1 aromatic heterocycles. The molecule has 1 fully saturated rings. The fraction of sp³-hybridized carbons (Fsp3) is 0.261. The zero-order valence-corrected chi connectivity index (χ0v) is 18.6. The summed E-state index contributed by atoms with van der Waals surface area (Å²) in [6.07, 6.45) is 0.206. The number of nitrogens with one attached hydrogen (secondary N) is 1. The van der Waals surface area contributed by atoms with Gasteiger partial charge in [0.1, 0.15) is 11.0 Å². The summed E-state index contributed by atoms with van der Waals surface area (Å²) < 4.78 is 0. The number of thiazole rings is 1. The van der Waals surface area contributed by atoms with E-state index in [1.165, 1.54) is 16.9 Å². The molecule has 4 rings (SSSR count). The number of rotatable bonds is 5. The zero-order valence-electron chi connectivity index (χ0n) is 16.9. The fourth-order valence-corrected chi connectivity index (χ4v) is 5.31. The van der Waals surface area contributed by atoms with Crippen molar-refractivity contribution >= 4 is 40.6 Å². The van der Waals surface area contributed by atoms with Crippen molar-refractivity contribution in [3.63, 3.8) is 0 Å². The average molecular weight is 438 g/mol. The molecule has 0 spiro atoms. The van der Waals surface area contributed by atoms with Gasteiger partial charge in [0.15, 0.2) is 0 Å². The second kappa shape index (κ2) is 9.02. The second-order valence-electron chi connectivity index (χ2n) is 7.35. The smallest absolute Gasteiger partial charge is 0.248 e. The Balaban J connectivity index is 1.41. The Morgan fingerprint density at radius 2 is 1.93 bits per heavy atom. The predicted molar refractivity (Wildman–Crippen MR) is 124 cm³/mol. The molecule has 2 aromatic carbocycles. The highest BCUT2D eigenvalue weighted by Crippen LogP contribution is 2.26. The standard InChI is InChI=1S/C23H23N3O2S2/c1-15-8-9-18(10-16(15)2)24-22(28)20-13-29-14-26(20)21(27)11-19-12-30-23(25-19)17-6-4-3-5-7-17/h3-10,12,20H,11,13-14H2,1-2H3,(H,24,28). The van der Waals surface area contributed by atoms with Crippen molar-refractivity contribution < 1.29 is 9.59 Å². The predicted octanol–water partition coefficient (Wildman–Crippen LogP) is 4.51. The van der Waals surface area contributed by atoms with Crippen LogP contribution in [0.5, 0.6) is 0 Å². The Kier molecular flexibility index (Phi) is 6.20. The van der Waals surface area contributed by atoms with Crippen LogP contribution in [0.3, 0.4) is 0 Å². The minimum Gasteiger partial charge on any atom is -0.324 e. The minimum atomic E-state index is -0.462. The van der Waals surface area contributed by atoms with Gasteiger partial charge >= 0.3 is 0 Å². The number of carbonyl (C=O) groups is 2. The quantitative estimate of drug-likeness (QED) is 0.638. The van der Waals surface area contributed by atoms with Crippen LogP contribution in [0.15, 0.2) is 53.9 Å². The molecule has 7 heteroatoms. The van der Waals surface area contributed by atoms with Crippen LogP contribution in [0.1, 0.15) is 16.8 Å². The van der Waals surface area contributed by atoms with E-state index in [2.05, 4.69) is 10.3 Å². The highest BCUT2D eigenvalue weighted by molar-refractivity contribution is 7.99. The number of nitrogens with zero attached hydrogens (tertiary/aromatic N) is 2. The molecule has 2 heterocycles. The van der Waals surface area contributed by atoms with Gasteiger partial charge in [-0.2, -0.15) is 0 Å². The molecule has 0 radical (unpaired) electrons. The molecular weight excluding hydrogens is 414 g/mol. The van der Waals surface area contributed by atoms with Crippen LogP contribution >= 0.6 is 23.1 Å². The molecule has 1 saturated heterocycles. The van der Waals surface area contributed by atoms with Gasteiger partial charge in [-0.15, -0.1) is 23.1 Å². The van der Waals surface area contributed by atoms with Crippen molar-refractivity contribution in [3.05, 3.63) is 70.7 Å². The first kappa shape index (κ1) is 20.6. The molecule has 0 aliphatic carbocycles. The van der Waals surface area contributed by atoms with E-state index < -0.39 is 6.04 Å². The molecule has 1 N–H and O–H groups in total. The van der Waals surface area contributed by atoms with Crippen LogP contribution in [-0.4, -0.2) is 39.4 Å². The summed E-state index contributed by atoms with van der Waals surface area (Å²) in [5.74, 6) is 0.930. The Morgan fingerprint density at radius 3 is 2.70 bits per heavy atom. The van der Waals surface area contributed by atoms with Gasteiger partial charge < -0.3 is 10.2 Å². The first-order valence-corrected chi connectivity index (χ1v) is 11.8. The fourth-order valence-electron chi connectivity index (χ4n) is 3.31. The molecule has 1 unspecified atom stereocenters. The molecule has 1 atom stereocenters. The minimum absolute atomic E-state index is 0.0647. The molecule has 5 nitrogen and oxygen atoms in total. The summed E-state index contributed by atoms with van der Waals surface area (Å²) >= 11 is 3.13. The third-order valence-electron chi connectivity index (χ3n) is 5.18. The van der Waals surface area contributed by atoms with Crippen LogP contribution < -0.4 is 5.32 Å². The summed E-state index contributed by atoms with van der Waals surface area (Å²) in [7, 11) is 0. The molecule has 3 aromatic rings. The Labute approximate surface area is 184 Å². The van der Waals surface area contributed by atoms with Crippen molar-refractivity contribution in [2.45, 2.75) is 26.3 Å². The van der Waals surface area contributed by atoms with E-state index in [4.69, 9.17) is 0 Å².